The Morgan fingerprint density at radius 3 is 2.12 bits per heavy atom. The molecule has 0 heterocycles. The predicted octanol–water partition coefficient (Wildman–Crippen LogP) is 3.22. The fraction of sp³-hybridized carbons (Fsp3) is 0.533. The van der Waals surface area contributed by atoms with Gasteiger partial charge in [0.2, 0.25) is 0 Å². The summed E-state index contributed by atoms with van der Waals surface area (Å²) in [6, 6.07) is 8.11. The van der Waals surface area contributed by atoms with Gasteiger partial charge in [-0.05, 0) is 32.5 Å². The van der Waals surface area contributed by atoms with Crippen LogP contribution in [0.1, 0.15) is 48.0 Å². The minimum Gasteiger partial charge on any atom is -0.300 e. The van der Waals surface area contributed by atoms with Crippen LogP contribution in [0.3, 0.4) is 0 Å². The molecule has 1 aromatic rings. The maximum absolute atomic E-state index is 10.7. The first-order valence-electron chi connectivity index (χ1n) is 6.42. The molecule has 2 heteroatoms. The highest BCUT2D eigenvalue weighted by Crippen LogP contribution is 2.40. The lowest BCUT2D eigenvalue weighted by Crippen LogP contribution is -2.43. The highest BCUT2D eigenvalue weighted by atomic mass is 16.1. The van der Waals surface area contributed by atoms with Gasteiger partial charge in [0.25, 0.3) is 0 Å². The maximum Gasteiger partial charge on any atom is 0.150 e. The Labute approximate surface area is 104 Å². The molecule has 1 saturated carbocycles. The zero-order valence-corrected chi connectivity index (χ0v) is 10.8. The monoisotopic (exact) mass is 231 g/mol. The van der Waals surface area contributed by atoms with Gasteiger partial charge in [-0.3, -0.25) is 9.69 Å². The van der Waals surface area contributed by atoms with Crippen LogP contribution in [0.5, 0.6) is 0 Å². The zero-order chi connectivity index (χ0) is 12.3. The van der Waals surface area contributed by atoms with Crippen molar-refractivity contribution >= 4 is 6.29 Å². The molecular weight excluding hydrogens is 210 g/mol. The van der Waals surface area contributed by atoms with Crippen molar-refractivity contribution in [3.8, 4) is 0 Å². The number of benzene rings is 1. The molecule has 0 aromatic heterocycles. The average Bonchev–Trinajstić information content (AvgIpc) is 2.39. The van der Waals surface area contributed by atoms with E-state index >= 15 is 0 Å². The Balaban J connectivity index is 2.34. The van der Waals surface area contributed by atoms with E-state index in [4.69, 9.17) is 0 Å². The molecule has 0 atom stereocenters. The van der Waals surface area contributed by atoms with Gasteiger partial charge in [0, 0.05) is 11.1 Å². The number of hydrogen-bond acceptors (Lipinski definition) is 2. The van der Waals surface area contributed by atoms with Crippen LogP contribution in [-0.4, -0.2) is 25.3 Å². The Morgan fingerprint density at radius 2 is 1.65 bits per heavy atom. The average molecular weight is 231 g/mol. The van der Waals surface area contributed by atoms with Gasteiger partial charge in [0.05, 0.1) is 0 Å². The summed E-state index contributed by atoms with van der Waals surface area (Å²) < 4.78 is 0. The summed E-state index contributed by atoms with van der Waals surface area (Å²) in [4.78, 5) is 13.0. The smallest absolute Gasteiger partial charge is 0.150 e. The van der Waals surface area contributed by atoms with Crippen molar-refractivity contribution < 1.29 is 4.79 Å². The minimum absolute atomic E-state index is 0.180. The van der Waals surface area contributed by atoms with Crippen LogP contribution in [-0.2, 0) is 5.54 Å². The zero-order valence-electron chi connectivity index (χ0n) is 10.8. The van der Waals surface area contributed by atoms with Crippen molar-refractivity contribution in [2.45, 2.75) is 37.6 Å². The third-order valence-corrected chi connectivity index (χ3v) is 4.12. The van der Waals surface area contributed by atoms with Gasteiger partial charge in [0.1, 0.15) is 6.29 Å². The van der Waals surface area contributed by atoms with Gasteiger partial charge >= 0.3 is 0 Å². The summed E-state index contributed by atoms with van der Waals surface area (Å²) in [5.41, 5.74) is 2.30. The molecule has 1 aliphatic rings. The second kappa shape index (κ2) is 5.01. The summed E-state index contributed by atoms with van der Waals surface area (Å²) in [6.07, 6.45) is 7.30. The van der Waals surface area contributed by atoms with E-state index in [9.17, 15) is 4.79 Å². The molecule has 0 unspecified atom stereocenters. The quantitative estimate of drug-likeness (QED) is 0.744. The third-order valence-electron chi connectivity index (χ3n) is 4.12. The van der Waals surface area contributed by atoms with E-state index in [0.717, 1.165) is 11.8 Å². The molecule has 0 spiro atoms. The molecule has 1 aliphatic carbocycles. The first-order valence-corrected chi connectivity index (χ1v) is 6.42. The number of aldehydes is 1. The summed E-state index contributed by atoms with van der Waals surface area (Å²) in [5.74, 6) is 0. The second-order valence-corrected chi connectivity index (χ2v) is 5.23. The van der Waals surface area contributed by atoms with Gasteiger partial charge in [-0.1, -0.05) is 43.5 Å². The van der Waals surface area contributed by atoms with Crippen LogP contribution in [0.4, 0.5) is 0 Å². The van der Waals surface area contributed by atoms with E-state index in [1.165, 1.54) is 37.7 Å². The SMILES string of the molecule is CN(C)C1(c2ccc(C=O)cc2)CCCCC1. The van der Waals surface area contributed by atoms with Crippen LogP contribution in [0.2, 0.25) is 0 Å². The van der Waals surface area contributed by atoms with Crippen LogP contribution in [0.15, 0.2) is 24.3 Å². The Bertz CT molecular complexity index is 374. The molecule has 0 aliphatic heterocycles. The molecule has 0 radical (unpaired) electrons. The third kappa shape index (κ3) is 2.27. The second-order valence-electron chi connectivity index (χ2n) is 5.23. The molecule has 0 amide bonds. The molecular formula is C15H21NO. The van der Waals surface area contributed by atoms with E-state index < -0.39 is 0 Å². The largest absolute Gasteiger partial charge is 0.300 e. The minimum atomic E-state index is 0.180. The number of carbonyl (C=O) groups excluding carboxylic acids is 1. The fourth-order valence-corrected chi connectivity index (χ4v) is 3.00. The Morgan fingerprint density at radius 1 is 1.06 bits per heavy atom. The van der Waals surface area contributed by atoms with Crippen molar-refractivity contribution in [2.24, 2.45) is 0 Å². The lowest BCUT2D eigenvalue weighted by atomic mass is 9.75. The summed E-state index contributed by atoms with van der Waals surface area (Å²) >= 11 is 0. The standard InChI is InChI=1S/C15H21NO/c1-16(2)15(10-4-3-5-11-15)14-8-6-13(12-17)7-9-14/h6-9,12H,3-5,10-11H2,1-2H3. The van der Waals surface area contributed by atoms with Gasteiger partial charge in [-0.25, -0.2) is 0 Å². The maximum atomic E-state index is 10.7. The highest BCUT2D eigenvalue weighted by molar-refractivity contribution is 5.74. The number of rotatable bonds is 3. The predicted molar refractivity (Wildman–Crippen MR) is 70.3 cm³/mol. The topological polar surface area (TPSA) is 20.3 Å². The summed E-state index contributed by atoms with van der Waals surface area (Å²) in [5, 5.41) is 0. The molecule has 92 valence electrons. The molecule has 0 bridgehead atoms. The van der Waals surface area contributed by atoms with E-state index in [0.29, 0.717) is 0 Å². The molecule has 2 nitrogen and oxygen atoms in total. The normalized spacial score (nSPS) is 19.2. The van der Waals surface area contributed by atoms with Gasteiger partial charge in [0.15, 0.2) is 0 Å². The lowest BCUT2D eigenvalue weighted by molar-refractivity contribution is 0.0988. The van der Waals surface area contributed by atoms with Crippen LogP contribution >= 0.6 is 0 Å². The van der Waals surface area contributed by atoms with Gasteiger partial charge in [-0.2, -0.15) is 0 Å². The van der Waals surface area contributed by atoms with E-state index in [1.807, 2.05) is 12.1 Å². The fourth-order valence-electron chi connectivity index (χ4n) is 3.00. The molecule has 2 rings (SSSR count). The lowest BCUT2D eigenvalue weighted by Gasteiger charge is -2.43. The number of nitrogens with zero attached hydrogens (tertiary/aromatic N) is 1. The van der Waals surface area contributed by atoms with Crippen molar-refractivity contribution in [2.75, 3.05) is 14.1 Å². The molecule has 0 saturated heterocycles. The Kier molecular flexibility index (Phi) is 3.63. The van der Waals surface area contributed by atoms with E-state index in [1.54, 1.807) is 0 Å². The van der Waals surface area contributed by atoms with Crippen LogP contribution in [0.25, 0.3) is 0 Å². The molecule has 1 fully saturated rings. The van der Waals surface area contributed by atoms with Crippen molar-refractivity contribution in [1.29, 1.82) is 0 Å². The summed E-state index contributed by atoms with van der Waals surface area (Å²) in [7, 11) is 4.33. The van der Waals surface area contributed by atoms with Gasteiger partial charge < -0.3 is 0 Å². The van der Waals surface area contributed by atoms with E-state index in [-0.39, 0.29) is 5.54 Å². The molecule has 0 N–H and O–H groups in total. The number of hydrogen-bond donors (Lipinski definition) is 0. The van der Waals surface area contributed by atoms with Crippen molar-refractivity contribution in [3.63, 3.8) is 0 Å². The van der Waals surface area contributed by atoms with Crippen molar-refractivity contribution in [3.05, 3.63) is 35.4 Å². The first-order chi connectivity index (χ1) is 8.19. The van der Waals surface area contributed by atoms with Crippen molar-refractivity contribution in [1.82, 2.24) is 4.90 Å². The molecule has 17 heavy (non-hydrogen) atoms. The van der Waals surface area contributed by atoms with Gasteiger partial charge in [-0.15, -0.1) is 0 Å². The molecule has 1 aromatic carbocycles. The number of carbonyl (C=O) groups is 1. The van der Waals surface area contributed by atoms with E-state index in [2.05, 4.69) is 31.1 Å². The highest BCUT2D eigenvalue weighted by Gasteiger charge is 2.35. The van der Waals surface area contributed by atoms with Crippen LogP contribution in [0, 0.1) is 0 Å². The van der Waals surface area contributed by atoms with Crippen LogP contribution < -0.4 is 0 Å². The Hall–Kier alpha value is -1.15. The summed E-state index contributed by atoms with van der Waals surface area (Å²) in [6.45, 7) is 0. The first kappa shape index (κ1) is 12.3.